The van der Waals surface area contributed by atoms with Crippen LogP contribution < -0.4 is 16.8 Å². The van der Waals surface area contributed by atoms with Gasteiger partial charge in [-0.1, -0.05) is 22.9 Å². The maximum Gasteiger partial charge on any atom is 0.267 e. The predicted octanol–water partition coefficient (Wildman–Crippen LogP) is 2.04. The molecule has 2 amide bonds. The molecule has 20 heavy (non-hydrogen) atoms. The number of amides is 2. The maximum atomic E-state index is 12.0. The molecule has 0 saturated heterocycles. The number of hydrogen-bond acceptors (Lipinski definition) is 5. The Morgan fingerprint density at radius 1 is 1.40 bits per heavy atom. The first kappa shape index (κ1) is 14.3. The SMILES string of the molecule is Cc1nc(N)sc1C(=O)Nc1ccc(C(N)=O)c(Cl)c1. The van der Waals surface area contributed by atoms with Crippen LogP contribution >= 0.6 is 22.9 Å². The van der Waals surface area contributed by atoms with Crippen LogP contribution in [0, 0.1) is 6.92 Å². The minimum absolute atomic E-state index is 0.177. The number of aryl methyl sites for hydroxylation is 1. The van der Waals surface area contributed by atoms with Gasteiger partial charge in [0.05, 0.1) is 16.3 Å². The van der Waals surface area contributed by atoms with E-state index in [1.807, 2.05) is 0 Å². The summed E-state index contributed by atoms with van der Waals surface area (Å²) in [5, 5.41) is 3.16. The number of nitrogens with zero attached hydrogens (tertiary/aromatic N) is 1. The second kappa shape index (κ2) is 5.48. The highest BCUT2D eigenvalue weighted by molar-refractivity contribution is 7.17. The number of carbonyl (C=O) groups excluding carboxylic acids is 2. The number of hydrogen-bond donors (Lipinski definition) is 3. The Balaban J connectivity index is 2.22. The van der Waals surface area contributed by atoms with Gasteiger partial charge in [-0.3, -0.25) is 9.59 Å². The van der Waals surface area contributed by atoms with Crippen LogP contribution in [0.2, 0.25) is 5.02 Å². The first-order chi connectivity index (χ1) is 9.38. The second-order valence-corrected chi connectivity index (χ2v) is 5.42. The van der Waals surface area contributed by atoms with Crippen molar-refractivity contribution in [3.8, 4) is 0 Å². The number of halogens is 1. The van der Waals surface area contributed by atoms with Gasteiger partial charge in [0.15, 0.2) is 5.13 Å². The molecule has 0 radical (unpaired) electrons. The van der Waals surface area contributed by atoms with Crippen molar-refractivity contribution in [3.63, 3.8) is 0 Å². The van der Waals surface area contributed by atoms with E-state index in [9.17, 15) is 9.59 Å². The fourth-order valence-corrected chi connectivity index (χ4v) is 2.61. The summed E-state index contributed by atoms with van der Waals surface area (Å²) < 4.78 is 0. The van der Waals surface area contributed by atoms with Crippen LogP contribution in [-0.2, 0) is 0 Å². The average molecular weight is 311 g/mol. The fourth-order valence-electron chi connectivity index (χ4n) is 1.61. The van der Waals surface area contributed by atoms with E-state index in [4.69, 9.17) is 23.1 Å². The first-order valence-corrected chi connectivity index (χ1v) is 6.71. The van der Waals surface area contributed by atoms with E-state index in [0.717, 1.165) is 11.3 Å². The van der Waals surface area contributed by atoms with Crippen molar-refractivity contribution in [3.05, 3.63) is 39.4 Å². The summed E-state index contributed by atoms with van der Waals surface area (Å²) in [7, 11) is 0. The van der Waals surface area contributed by atoms with E-state index in [-0.39, 0.29) is 16.5 Å². The van der Waals surface area contributed by atoms with E-state index >= 15 is 0 Å². The quantitative estimate of drug-likeness (QED) is 0.805. The summed E-state index contributed by atoms with van der Waals surface area (Å²) in [6.45, 7) is 1.70. The van der Waals surface area contributed by atoms with Gasteiger partial charge in [0, 0.05) is 5.69 Å². The molecule has 0 spiro atoms. The van der Waals surface area contributed by atoms with Crippen LogP contribution in [0.5, 0.6) is 0 Å². The van der Waals surface area contributed by atoms with Gasteiger partial charge in [-0.15, -0.1) is 0 Å². The zero-order valence-corrected chi connectivity index (χ0v) is 12.0. The monoisotopic (exact) mass is 310 g/mol. The number of nitrogens with two attached hydrogens (primary N) is 2. The number of thiazole rings is 1. The van der Waals surface area contributed by atoms with Gasteiger partial charge in [0.25, 0.3) is 5.91 Å². The summed E-state index contributed by atoms with van der Waals surface area (Å²) in [6, 6.07) is 4.46. The first-order valence-electron chi connectivity index (χ1n) is 5.52. The summed E-state index contributed by atoms with van der Waals surface area (Å²) >= 11 is 7.01. The summed E-state index contributed by atoms with van der Waals surface area (Å²) in [4.78, 5) is 27.5. The third-order valence-electron chi connectivity index (χ3n) is 2.51. The highest BCUT2D eigenvalue weighted by atomic mass is 35.5. The Morgan fingerprint density at radius 3 is 2.60 bits per heavy atom. The molecule has 2 aromatic rings. The van der Waals surface area contributed by atoms with Crippen molar-refractivity contribution in [1.29, 1.82) is 0 Å². The van der Waals surface area contributed by atoms with Gasteiger partial charge in [0.2, 0.25) is 5.91 Å². The molecule has 0 atom stereocenters. The van der Waals surface area contributed by atoms with E-state index in [1.54, 1.807) is 13.0 Å². The molecule has 0 unspecified atom stereocenters. The van der Waals surface area contributed by atoms with Crippen LogP contribution in [0.3, 0.4) is 0 Å². The van der Waals surface area contributed by atoms with E-state index in [2.05, 4.69) is 10.3 Å². The number of carbonyl (C=O) groups is 2. The van der Waals surface area contributed by atoms with Crippen molar-refractivity contribution in [1.82, 2.24) is 4.98 Å². The summed E-state index contributed by atoms with van der Waals surface area (Å²) in [5.74, 6) is -0.960. The largest absolute Gasteiger partial charge is 0.375 e. The predicted molar refractivity (Wildman–Crippen MR) is 79.2 cm³/mol. The Kier molecular flexibility index (Phi) is 3.91. The third-order valence-corrected chi connectivity index (χ3v) is 3.81. The molecule has 0 aliphatic heterocycles. The molecule has 8 heteroatoms. The standard InChI is InChI=1S/C12H11ClN4O2S/c1-5-9(20-12(15)16-5)11(19)17-6-2-3-7(10(14)18)8(13)4-6/h2-4H,1H3,(H2,14,18)(H2,15,16)(H,17,19). The molecule has 0 saturated carbocycles. The van der Waals surface area contributed by atoms with Crippen LogP contribution in [0.4, 0.5) is 10.8 Å². The van der Waals surface area contributed by atoms with Crippen molar-refractivity contribution in [2.45, 2.75) is 6.92 Å². The molecule has 1 aromatic heterocycles. The van der Waals surface area contributed by atoms with Crippen LogP contribution in [0.25, 0.3) is 0 Å². The number of nitrogens with one attached hydrogen (secondary N) is 1. The summed E-state index contributed by atoms with van der Waals surface area (Å²) in [6.07, 6.45) is 0. The van der Waals surface area contributed by atoms with E-state index in [1.165, 1.54) is 12.1 Å². The average Bonchev–Trinajstić information content (AvgIpc) is 2.68. The van der Waals surface area contributed by atoms with Crippen molar-refractivity contribution < 1.29 is 9.59 Å². The molecule has 0 bridgehead atoms. The zero-order valence-electron chi connectivity index (χ0n) is 10.4. The van der Waals surface area contributed by atoms with Crippen LogP contribution in [0.1, 0.15) is 25.7 Å². The van der Waals surface area contributed by atoms with Crippen molar-refractivity contribution >= 4 is 45.6 Å². The summed E-state index contributed by atoms with van der Waals surface area (Å²) in [5.41, 5.74) is 11.9. The van der Waals surface area contributed by atoms with Gasteiger partial charge in [-0.25, -0.2) is 4.98 Å². The minimum atomic E-state index is -0.626. The number of aromatic nitrogens is 1. The maximum absolute atomic E-state index is 12.0. The minimum Gasteiger partial charge on any atom is -0.375 e. The second-order valence-electron chi connectivity index (χ2n) is 3.98. The number of benzene rings is 1. The lowest BCUT2D eigenvalue weighted by Gasteiger charge is -2.06. The zero-order chi connectivity index (χ0) is 14.9. The fraction of sp³-hybridized carbons (Fsp3) is 0.0833. The molecule has 2 rings (SSSR count). The number of nitrogen functional groups attached to an aromatic ring is 1. The lowest BCUT2D eigenvalue weighted by atomic mass is 10.2. The lowest BCUT2D eigenvalue weighted by molar-refractivity contribution is 0.0998. The normalized spacial score (nSPS) is 10.3. The van der Waals surface area contributed by atoms with Gasteiger partial charge in [0.1, 0.15) is 4.88 Å². The number of anilines is 2. The topological polar surface area (TPSA) is 111 Å². The molecule has 6 nitrogen and oxygen atoms in total. The molecule has 0 aliphatic rings. The molecular weight excluding hydrogens is 300 g/mol. The molecule has 1 heterocycles. The van der Waals surface area contributed by atoms with Gasteiger partial charge >= 0.3 is 0 Å². The Hall–Kier alpha value is -2.12. The Morgan fingerprint density at radius 2 is 2.10 bits per heavy atom. The van der Waals surface area contributed by atoms with E-state index in [0.29, 0.717) is 21.4 Å². The molecule has 1 aromatic carbocycles. The molecule has 5 N–H and O–H groups in total. The highest BCUT2D eigenvalue weighted by Gasteiger charge is 2.15. The molecule has 0 fully saturated rings. The smallest absolute Gasteiger partial charge is 0.267 e. The van der Waals surface area contributed by atoms with Crippen LogP contribution in [-0.4, -0.2) is 16.8 Å². The molecular formula is C12H11ClN4O2S. The van der Waals surface area contributed by atoms with Gasteiger partial charge in [-0.2, -0.15) is 0 Å². The lowest BCUT2D eigenvalue weighted by Crippen LogP contribution is -2.14. The van der Waals surface area contributed by atoms with Crippen molar-refractivity contribution in [2.24, 2.45) is 5.73 Å². The number of rotatable bonds is 3. The van der Waals surface area contributed by atoms with Gasteiger partial charge < -0.3 is 16.8 Å². The number of primary amides is 1. The van der Waals surface area contributed by atoms with Crippen molar-refractivity contribution in [2.75, 3.05) is 11.1 Å². The van der Waals surface area contributed by atoms with Gasteiger partial charge in [-0.05, 0) is 25.1 Å². The van der Waals surface area contributed by atoms with E-state index < -0.39 is 5.91 Å². The molecule has 104 valence electrons. The molecule has 0 aliphatic carbocycles. The van der Waals surface area contributed by atoms with Crippen LogP contribution in [0.15, 0.2) is 18.2 Å². The Bertz CT molecular complexity index is 699. The Labute approximate surface area is 123 Å². The highest BCUT2D eigenvalue weighted by Crippen LogP contribution is 2.24. The third kappa shape index (κ3) is 2.89.